The molecule has 1 saturated heterocycles. The zero-order chi connectivity index (χ0) is 18.5. The van der Waals surface area contributed by atoms with Gasteiger partial charge in [-0.15, -0.1) is 0 Å². The van der Waals surface area contributed by atoms with E-state index in [2.05, 4.69) is 15.0 Å². The molecule has 3 heterocycles. The van der Waals surface area contributed by atoms with Crippen LogP contribution in [0, 0.1) is 0 Å². The second kappa shape index (κ2) is 8.69. The van der Waals surface area contributed by atoms with Gasteiger partial charge in [-0.3, -0.25) is 4.57 Å². The molecule has 0 radical (unpaired) electrons. The zero-order valence-electron chi connectivity index (χ0n) is 14.6. The Balaban J connectivity index is 1.73. The SMILES string of the molecule is NCCCCCCOC1C(O)[C@@H](CO)O[C@H]1n1cnc2c(N)ncnc21. The first-order chi connectivity index (χ1) is 12.7. The molecule has 2 aromatic rings. The lowest BCUT2D eigenvalue weighted by Gasteiger charge is -2.22. The Labute approximate surface area is 151 Å². The highest BCUT2D eigenvalue weighted by Gasteiger charge is 2.45. The number of nitrogens with two attached hydrogens (primary N) is 2. The quantitative estimate of drug-likeness (QED) is 0.432. The number of imidazole rings is 1. The first-order valence-corrected chi connectivity index (χ1v) is 8.86. The molecule has 0 spiro atoms. The van der Waals surface area contributed by atoms with E-state index in [0.717, 1.165) is 25.7 Å². The van der Waals surface area contributed by atoms with Crippen LogP contribution in [0.5, 0.6) is 0 Å². The molecule has 6 N–H and O–H groups in total. The number of aliphatic hydroxyl groups is 2. The largest absolute Gasteiger partial charge is 0.394 e. The standard InChI is InChI=1S/C16H26N6O4/c17-5-3-1-2-4-6-25-13-12(24)10(7-23)26-16(13)22-9-21-11-14(18)19-8-20-15(11)22/h8-10,12-13,16,23-24H,1-7,17H2,(H2,18,19,20)/t10-,12?,13?,16-/m1/s1. The third kappa shape index (κ3) is 3.79. The van der Waals surface area contributed by atoms with Gasteiger partial charge in [-0.2, -0.15) is 0 Å². The molecule has 10 nitrogen and oxygen atoms in total. The summed E-state index contributed by atoms with van der Waals surface area (Å²) in [5, 5.41) is 19.9. The minimum Gasteiger partial charge on any atom is -0.394 e. The molecule has 0 amide bonds. The number of hydrogen-bond acceptors (Lipinski definition) is 9. The van der Waals surface area contributed by atoms with Crippen LogP contribution < -0.4 is 11.5 Å². The fourth-order valence-electron chi connectivity index (χ4n) is 3.15. The molecular weight excluding hydrogens is 340 g/mol. The number of nitrogens with zero attached hydrogens (tertiary/aromatic N) is 4. The van der Waals surface area contributed by atoms with E-state index in [-0.39, 0.29) is 12.4 Å². The predicted molar refractivity (Wildman–Crippen MR) is 94.0 cm³/mol. The smallest absolute Gasteiger partial charge is 0.167 e. The Morgan fingerprint density at radius 1 is 1.19 bits per heavy atom. The van der Waals surface area contributed by atoms with Crippen LogP contribution in [0.1, 0.15) is 31.9 Å². The van der Waals surface area contributed by atoms with Crippen molar-refractivity contribution < 1.29 is 19.7 Å². The summed E-state index contributed by atoms with van der Waals surface area (Å²) in [5.41, 5.74) is 12.3. The number of unbranched alkanes of at least 4 members (excludes halogenated alkanes) is 3. The van der Waals surface area contributed by atoms with Crippen LogP contribution in [-0.4, -0.2) is 67.8 Å². The van der Waals surface area contributed by atoms with Gasteiger partial charge < -0.3 is 31.2 Å². The van der Waals surface area contributed by atoms with Crippen molar-refractivity contribution in [2.45, 2.75) is 50.2 Å². The maximum absolute atomic E-state index is 10.5. The number of aliphatic hydroxyl groups excluding tert-OH is 2. The van der Waals surface area contributed by atoms with Crippen molar-refractivity contribution in [3.05, 3.63) is 12.7 Å². The molecule has 2 unspecified atom stereocenters. The Kier molecular flexibility index (Phi) is 6.33. The van der Waals surface area contributed by atoms with E-state index in [4.69, 9.17) is 20.9 Å². The van der Waals surface area contributed by atoms with E-state index in [1.54, 1.807) is 4.57 Å². The lowest BCUT2D eigenvalue weighted by Crippen LogP contribution is -2.35. The van der Waals surface area contributed by atoms with E-state index >= 15 is 0 Å². The normalized spacial score (nSPS) is 26.0. The predicted octanol–water partition coefficient (Wildman–Crippen LogP) is -0.437. The van der Waals surface area contributed by atoms with Gasteiger partial charge in [-0.05, 0) is 19.4 Å². The van der Waals surface area contributed by atoms with Gasteiger partial charge in [0.2, 0.25) is 0 Å². The Morgan fingerprint density at radius 2 is 2.00 bits per heavy atom. The van der Waals surface area contributed by atoms with E-state index in [9.17, 15) is 10.2 Å². The fourth-order valence-corrected chi connectivity index (χ4v) is 3.15. The average Bonchev–Trinajstić information content (AvgIpc) is 3.20. The van der Waals surface area contributed by atoms with Gasteiger partial charge in [-0.25, -0.2) is 15.0 Å². The molecule has 4 atom stereocenters. The summed E-state index contributed by atoms with van der Waals surface area (Å²) in [6.45, 7) is 0.862. The number of ether oxygens (including phenoxy) is 2. The minimum absolute atomic E-state index is 0.267. The van der Waals surface area contributed by atoms with Gasteiger partial charge in [0.1, 0.15) is 30.2 Å². The summed E-state index contributed by atoms with van der Waals surface area (Å²) in [5.74, 6) is 0.267. The second-order valence-electron chi connectivity index (χ2n) is 6.36. The molecule has 0 aliphatic carbocycles. The van der Waals surface area contributed by atoms with Crippen molar-refractivity contribution in [1.29, 1.82) is 0 Å². The van der Waals surface area contributed by atoms with Crippen molar-refractivity contribution in [3.63, 3.8) is 0 Å². The summed E-state index contributed by atoms with van der Waals surface area (Å²) in [6.07, 6.45) is 3.79. The number of nitrogen functional groups attached to an aromatic ring is 1. The molecule has 1 fully saturated rings. The highest BCUT2D eigenvalue weighted by Crippen LogP contribution is 2.34. The zero-order valence-corrected chi connectivity index (χ0v) is 14.6. The fraction of sp³-hybridized carbons (Fsp3) is 0.688. The monoisotopic (exact) mass is 366 g/mol. The first kappa shape index (κ1) is 18.9. The van der Waals surface area contributed by atoms with Crippen LogP contribution in [0.4, 0.5) is 5.82 Å². The molecule has 0 bridgehead atoms. The highest BCUT2D eigenvalue weighted by atomic mass is 16.6. The highest BCUT2D eigenvalue weighted by molar-refractivity contribution is 5.81. The average molecular weight is 366 g/mol. The number of fused-ring (bicyclic) bond motifs is 1. The molecular formula is C16H26N6O4. The summed E-state index contributed by atoms with van der Waals surface area (Å²) < 4.78 is 13.4. The van der Waals surface area contributed by atoms with E-state index in [1.807, 2.05) is 0 Å². The van der Waals surface area contributed by atoms with Crippen LogP contribution in [0.2, 0.25) is 0 Å². The molecule has 26 heavy (non-hydrogen) atoms. The van der Waals surface area contributed by atoms with Crippen LogP contribution in [0.15, 0.2) is 12.7 Å². The molecule has 1 aliphatic rings. The number of rotatable bonds is 9. The topological polar surface area (TPSA) is 155 Å². The van der Waals surface area contributed by atoms with E-state index in [1.165, 1.54) is 12.7 Å². The van der Waals surface area contributed by atoms with Crippen molar-refractivity contribution in [3.8, 4) is 0 Å². The lowest BCUT2D eigenvalue weighted by atomic mass is 10.1. The Morgan fingerprint density at radius 3 is 2.77 bits per heavy atom. The molecule has 3 rings (SSSR count). The van der Waals surface area contributed by atoms with Crippen molar-refractivity contribution in [2.75, 3.05) is 25.5 Å². The minimum atomic E-state index is -0.953. The maximum atomic E-state index is 10.5. The van der Waals surface area contributed by atoms with Crippen LogP contribution >= 0.6 is 0 Å². The van der Waals surface area contributed by atoms with Crippen LogP contribution in [0.25, 0.3) is 11.2 Å². The lowest BCUT2D eigenvalue weighted by molar-refractivity contribution is -0.0711. The third-order valence-corrected chi connectivity index (χ3v) is 4.56. The van der Waals surface area contributed by atoms with Crippen molar-refractivity contribution in [1.82, 2.24) is 19.5 Å². The number of aromatic nitrogens is 4. The van der Waals surface area contributed by atoms with Gasteiger partial charge in [0.15, 0.2) is 17.7 Å². The van der Waals surface area contributed by atoms with Crippen molar-refractivity contribution >= 4 is 17.0 Å². The van der Waals surface area contributed by atoms with Crippen molar-refractivity contribution in [2.24, 2.45) is 5.73 Å². The molecule has 1 aliphatic heterocycles. The van der Waals surface area contributed by atoms with Crippen LogP contribution in [-0.2, 0) is 9.47 Å². The van der Waals surface area contributed by atoms with E-state index in [0.29, 0.717) is 24.3 Å². The Hall–Kier alpha value is -1.85. The van der Waals surface area contributed by atoms with Gasteiger partial charge in [0, 0.05) is 6.61 Å². The van der Waals surface area contributed by atoms with Gasteiger partial charge in [0.25, 0.3) is 0 Å². The number of hydrogen-bond donors (Lipinski definition) is 4. The first-order valence-electron chi connectivity index (χ1n) is 8.86. The summed E-state index contributed by atoms with van der Waals surface area (Å²) in [4.78, 5) is 12.3. The molecule has 0 aromatic carbocycles. The second-order valence-corrected chi connectivity index (χ2v) is 6.36. The maximum Gasteiger partial charge on any atom is 0.167 e. The van der Waals surface area contributed by atoms with Crippen LogP contribution in [0.3, 0.4) is 0 Å². The molecule has 144 valence electrons. The summed E-state index contributed by atoms with van der Waals surface area (Å²) >= 11 is 0. The van der Waals surface area contributed by atoms with Gasteiger partial charge >= 0.3 is 0 Å². The summed E-state index contributed by atoms with van der Waals surface area (Å²) in [6, 6.07) is 0. The third-order valence-electron chi connectivity index (χ3n) is 4.56. The van der Waals surface area contributed by atoms with E-state index < -0.39 is 24.5 Å². The molecule has 10 heteroatoms. The summed E-state index contributed by atoms with van der Waals surface area (Å²) in [7, 11) is 0. The van der Waals surface area contributed by atoms with Gasteiger partial charge in [-0.1, -0.05) is 12.8 Å². The van der Waals surface area contributed by atoms with Gasteiger partial charge in [0.05, 0.1) is 12.9 Å². The Bertz CT molecular complexity index is 711. The number of anilines is 1. The molecule has 2 aromatic heterocycles. The molecule has 0 saturated carbocycles.